The average molecular weight is 434 g/mol. The van der Waals surface area contributed by atoms with Crippen molar-refractivity contribution in [2.24, 2.45) is 0 Å². The molecular weight excluding hydrogens is 391 g/mol. The van der Waals surface area contributed by atoms with Gasteiger partial charge >= 0.3 is 6.00 Å². The Bertz CT molecular complexity index is 235. The van der Waals surface area contributed by atoms with Crippen LogP contribution < -0.4 is 0 Å². The van der Waals surface area contributed by atoms with Crippen LogP contribution in [0, 0.1) is 0 Å². The Kier molecular flexibility index (Phi) is 26.1. The van der Waals surface area contributed by atoms with Crippen molar-refractivity contribution in [2.45, 2.75) is 123 Å². The van der Waals surface area contributed by atoms with E-state index < -0.39 is 6.00 Å². The van der Waals surface area contributed by atoms with Gasteiger partial charge in [0, 0.05) is 6.61 Å². The summed E-state index contributed by atoms with van der Waals surface area (Å²) in [4.78, 5) is 0. The number of halogens is 3. The fraction of sp³-hybridized carbons (Fsp3) is 1.00. The van der Waals surface area contributed by atoms with E-state index in [1.807, 2.05) is 0 Å². The quantitative estimate of drug-likeness (QED) is 0.138. The first kappa shape index (κ1) is 28.3. The molecule has 0 aromatic heterocycles. The number of aliphatic hydroxyl groups excluding tert-OH is 1. The molecule has 0 aliphatic rings. The van der Waals surface area contributed by atoms with Gasteiger partial charge in [-0.15, -0.1) is 33.2 Å². The predicted molar refractivity (Wildman–Crippen MR) is 120 cm³/mol. The molecule has 0 unspecified atom stereocenters. The molecule has 0 amide bonds. The van der Waals surface area contributed by atoms with Crippen molar-refractivity contribution < 1.29 is 5.11 Å². The summed E-state index contributed by atoms with van der Waals surface area (Å²) in [6.45, 7) is 4.21. The Balaban J connectivity index is 0. The van der Waals surface area contributed by atoms with Gasteiger partial charge in [-0.2, -0.15) is 0 Å². The lowest BCUT2D eigenvalue weighted by Crippen LogP contribution is -2.07. The molecule has 0 rings (SSSR count). The lowest BCUT2D eigenvalue weighted by atomic mass is 10.0. The molecular formula is C20H43Cl3OSi. The topological polar surface area (TPSA) is 20.2 Å². The fourth-order valence-electron chi connectivity index (χ4n) is 2.87. The first-order chi connectivity index (χ1) is 12.0. The minimum Gasteiger partial charge on any atom is -0.397 e. The van der Waals surface area contributed by atoms with Gasteiger partial charge in [-0.3, -0.25) is 0 Å². The molecule has 0 aliphatic carbocycles. The maximum atomic E-state index is 7.57. The van der Waals surface area contributed by atoms with Gasteiger partial charge in [0.15, 0.2) is 0 Å². The molecule has 0 atom stereocenters. The molecule has 154 valence electrons. The van der Waals surface area contributed by atoms with Crippen molar-refractivity contribution >= 4 is 39.2 Å². The highest BCUT2D eigenvalue weighted by atomic mass is 35.8. The fourth-order valence-corrected chi connectivity index (χ4v) is 4.73. The van der Waals surface area contributed by atoms with Crippen LogP contribution >= 0.6 is 33.2 Å². The van der Waals surface area contributed by atoms with E-state index >= 15 is 0 Å². The molecule has 0 bridgehead atoms. The van der Waals surface area contributed by atoms with Crippen LogP contribution in [0.4, 0.5) is 0 Å². The Hall–Kier alpha value is 1.05. The average Bonchev–Trinajstić information content (AvgIpc) is 2.54. The summed E-state index contributed by atoms with van der Waals surface area (Å²) in [6, 6.07) is -1.52. The summed E-state index contributed by atoms with van der Waals surface area (Å²) in [5.74, 6) is 0. The largest absolute Gasteiger partial charge is 0.397 e. The summed E-state index contributed by atoms with van der Waals surface area (Å²) >= 11 is 17.6. The zero-order valence-electron chi connectivity index (χ0n) is 16.8. The molecule has 0 aromatic rings. The van der Waals surface area contributed by atoms with E-state index in [-0.39, 0.29) is 6.61 Å². The maximum Gasteiger partial charge on any atom is 0.341 e. The molecule has 0 fully saturated rings. The first-order valence-corrected chi connectivity index (χ1v) is 15.9. The van der Waals surface area contributed by atoms with E-state index in [4.69, 9.17) is 38.3 Å². The van der Waals surface area contributed by atoms with Crippen LogP contribution in [-0.4, -0.2) is 17.7 Å². The Morgan fingerprint density at radius 2 is 0.760 bits per heavy atom. The smallest absolute Gasteiger partial charge is 0.341 e. The minimum atomic E-state index is -2.35. The van der Waals surface area contributed by atoms with Crippen molar-refractivity contribution in [3.05, 3.63) is 0 Å². The van der Waals surface area contributed by atoms with Crippen LogP contribution in [0.5, 0.6) is 0 Å². The molecule has 1 nitrogen and oxygen atoms in total. The minimum absolute atomic E-state index is 0.250. The van der Waals surface area contributed by atoms with Gasteiger partial charge in [0.05, 0.1) is 0 Å². The highest BCUT2D eigenvalue weighted by molar-refractivity contribution is 7.64. The Labute approximate surface area is 173 Å². The second-order valence-electron chi connectivity index (χ2n) is 6.98. The zero-order valence-corrected chi connectivity index (χ0v) is 20.1. The van der Waals surface area contributed by atoms with Crippen molar-refractivity contribution in [1.29, 1.82) is 0 Å². The van der Waals surface area contributed by atoms with Crippen LogP contribution in [0.2, 0.25) is 6.04 Å². The zero-order chi connectivity index (χ0) is 19.2. The van der Waals surface area contributed by atoms with Crippen LogP contribution in [-0.2, 0) is 0 Å². The number of aliphatic hydroxyl groups is 1. The SMILES string of the molecule is CCCCCCCCCCCCCCCCCC[Si](Cl)(Cl)Cl.CCO. The van der Waals surface area contributed by atoms with Crippen molar-refractivity contribution in [2.75, 3.05) is 6.61 Å². The van der Waals surface area contributed by atoms with Crippen LogP contribution in [0.3, 0.4) is 0 Å². The molecule has 0 saturated carbocycles. The van der Waals surface area contributed by atoms with E-state index in [0.29, 0.717) is 0 Å². The molecule has 5 heteroatoms. The van der Waals surface area contributed by atoms with Gasteiger partial charge in [-0.05, 0) is 13.0 Å². The number of unbranched alkanes of at least 4 members (excludes halogenated alkanes) is 15. The molecule has 0 aromatic carbocycles. The van der Waals surface area contributed by atoms with Crippen molar-refractivity contribution in [3.63, 3.8) is 0 Å². The predicted octanol–water partition coefficient (Wildman–Crippen LogP) is 8.90. The second kappa shape index (κ2) is 23.1. The number of hydrogen-bond acceptors (Lipinski definition) is 1. The molecule has 25 heavy (non-hydrogen) atoms. The monoisotopic (exact) mass is 432 g/mol. The molecule has 1 N–H and O–H groups in total. The highest BCUT2D eigenvalue weighted by Gasteiger charge is 2.23. The summed E-state index contributed by atoms with van der Waals surface area (Å²) in [7, 11) is 0. The van der Waals surface area contributed by atoms with Gasteiger partial charge in [0.2, 0.25) is 0 Å². The normalized spacial score (nSPS) is 11.3. The van der Waals surface area contributed by atoms with Crippen LogP contribution in [0.25, 0.3) is 0 Å². The molecule has 0 spiro atoms. The molecule has 0 heterocycles. The van der Waals surface area contributed by atoms with Gasteiger partial charge in [-0.1, -0.05) is 110 Å². The van der Waals surface area contributed by atoms with Crippen molar-refractivity contribution in [1.82, 2.24) is 0 Å². The molecule has 0 radical (unpaired) electrons. The second-order valence-corrected chi connectivity index (χ2v) is 16.3. The summed E-state index contributed by atoms with van der Waals surface area (Å²) in [5.41, 5.74) is 0. The van der Waals surface area contributed by atoms with E-state index in [2.05, 4.69) is 6.92 Å². The van der Waals surface area contributed by atoms with Gasteiger partial charge in [0.1, 0.15) is 0 Å². The third kappa shape index (κ3) is 33.1. The summed E-state index contributed by atoms with van der Waals surface area (Å²) < 4.78 is 0. The van der Waals surface area contributed by atoms with Crippen LogP contribution in [0.1, 0.15) is 117 Å². The summed E-state index contributed by atoms with van der Waals surface area (Å²) in [6.07, 6.45) is 22.2. The first-order valence-electron chi connectivity index (χ1n) is 10.7. The van der Waals surface area contributed by atoms with E-state index in [9.17, 15) is 0 Å². The summed E-state index contributed by atoms with van der Waals surface area (Å²) in [5, 5.41) is 7.57. The Morgan fingerprint density at radius 3 is 1.00 bits per heavy atom. The van der Waals surface area contributed by atoms with E-state index in [0.717, 1.165) is 12.5 Å². The molecule has 0 saturated heterocycles. The van der Waals surface area contributed by atoms with Crippen LogP contribution in [0.15, 0.2) is 0 Å². The third-order valence-electron chi connectivity index (χ3n) is 4.31. The number of rotatable bonds is 17. The van der Waals surface area contributed by atoms with Gasteiger partial charge < -0.3 is 5.11 Å². The van der Waals surface area contributed by atoms with E-state index in [1.165, 1.54) is 96.3 Å². The lowest BCUT2D eigenvalue weighted by Gasteiger charge is -2.07. The third-order valence-corrected chi connectivity index (χ3v) is 6.94. The standard InChI is InChI=1S/C18H37Cl3Si.C2H6O/c1-2-3-4-5-6-7-8-9-10-11-12-13-14-15-16-17-18-22(19,20)21;1-2-3/h2-18H2,1H3;3H,2H2,1H3. The maximum absolute atomic E-state index is 7.57. The Morgan fingerprint density at radius 1 is 0.520 bits per heavy atom. The number of hydrogen-bond donors (Lipinski definition) is 1. The van der Waals surface area contributed by atoms with Gasteiger partial charge in [-0.25, -0.2) is 0 Å². The van der Waals surface area contributed by atoms with Gasteiger partial charge in [0.25, 0.3) is 0 Å². The van der Waals surface area contributed by atoms with E-state index in [1.54, 1.807) is 6.92 Å². The highest BCUT2D eigenvalue weighted by Crippen LogP contribution is 2.27. The molecule has 0 aliphatic heterocycles. The lowest BCUT2D eigenvalue weighted by molar-refractivity contribution is 0.318. The van der Waals surface area contributed by atoms with Crippen molar-refractivity contribution in [3.8, 4) is 0 Å².